The van der Waals surface area contributed by atoms with Gasteiger partial charge in [0.1, 0.15) is 4.88 Å². The summed E-state index contributed by atoms with van der Waals surface area (Å²) in [6, 6.07) is 10.1. The molecular weight excluding hydrogens is 244 g/mol. The van der Waals surface area contributed by atoms with Crippen LogP contribution in [0.3, 0.4) is 0 Å². The van der Waals surface area contributed by atoms with Gasteiger partial charge in [-0.05, 0) is 23.0 Å². The normalized spacial score (nSPS) is 14.2. The summed E-state index contributed by atoms with van der Waals surface area (Å²) in [6.45, 7) is 0. The second-order valence-electron chi connectivity index (χ2n) is 4.34. The number of nitrogens with zero attached hydrogens (tertiary/aromatic N) is 1. The number of carbonyl (C=O) groups excluding carboxylic acids is 1. The van der Waals surface area contributed by atoms with Crippen molar-refractivity contribution in [1.82, 2.24) is 4.37 Å². The number of rotatable bonds is 0. The first-order chi connectivity index (χ1) is 8.75. The third-order valence-corrected chi connectivity index (χ3v) is 4.16. The number of ketones is 1. The third kappa shape index (κ3) is 1.08. The number of nitrogens with two attached hydrogens (primary N) is 1. The van der Waals surface area contributed by atoms with E-state index in [0.29, 0.717) is 10.6 Å². The largest absolute Gasteiger partial charge is 0.398 e. The molecule has 0 aliphatic heterocycles. The van der Waals surface area contributed by atoms with Crippen LogP contribution in [0.2, 0.25) is 0 Å². The van der Waals surface area contributed by atoms with Crippen LogP contribution in [0.25, 0.3) is 27.4 Å². The summed E-state index contributed by atoms with van der Waals surface area (Å²) in [5, 5.41) is 3.08. The molecule has 1 heterocycles. The molecule has 0 saturated carbocycles. The summed E-state index contributed by atoms with van der Waals surface area (Å²) in [5.74, 6) is -0.0391. The van der Waals surface area contributed by atoms with Crippen molar-refractivity contribution in [1.29, 1.82) is 0 Å². The molecule has 0 saturated heterocycles. The molecule has 0 amide bonds. The maximum absolute atomic E-state index is 11.9. The summed E-state index contributed by atoms with van der Waals surface area (Å²) in [5.41, 5.74) is 8.30. The Hall–Kier alpha value is -2.20. The summed E-state index contributed by atoms with van der Waals surface area (Å²) in [4.78, 5) is 12.6. The average Bonchev–Trinajstić information content (AvgIpc) is 2.81. The van der Waals surface area contributed by atoms with Crippen LogP contribution in [0.1, 0.15) is 15.2 Å². The molecule has 1 aromatic heterocycles. The van der Waals surface area contributed by atoms with Crippen molar-refractivity contribution in [2.45, 2.75) is 0 Å². The van der Waals surface area contributed by atoms with Crippen LogP contribution in [0.4, 0.5) is 0 Å². The second-order valence-corrected chi connectivity index (χ2v) is 5.12. The Bertz CT molecular complexity index is 861. The van der Waals surface area contributed by atoms with Crippen LogP contribution in [0, 0.1) is 0 Å². The molecule has 2 N–H and O–H groups in total. The molecule has 4 rings (SSSR count). The van der Waals surface area contributed by atoms with Gasteiger partial charge in [-0.3, -0.25) is 4.79 Å². The Balaban J connectivity index is 2.32. The Morgan fingerprint density at radius 2 is 2.06 bits per heavy atom. The fraction of sp³-hybridized carbons (Fsp3) is 0. The number of aromatic nitrogens is 1. The number of fused-ring (bicyclic) bond motifs is 2. The van der Waals surface area contributed by atoms with Gasteiger partial charge in [0.05, 0.1) is 5.52 Å². The minimum Gasteiger partial charge on any atom is -0.398 e. The summed E-state index contributed by atoms with van der Waals surface area (Å²) in [6.07, 6.45) is 1.49. The van der Waals surface area contributed by atoms with Crippen LogP contribution < -0.4 is 5.73 Å². The molecule has 0 unspecified atom stereocenters. The third-order valence-electron chi connectivity index (χ3n) is 3.30. The molecule has 0 fully saturated rings. The standard InChI is InChI=1S/C14H8N2OS/c15-10-6-11(17)14-12-9(10)5-7-3-1-2-4-8(7)13(12)16-18-14/h1-6H,15H2. The predicted molar refractivity (Wildman–Crippen MR) is 73.6 cm³/mol. The zero-order valence-electron chi connectivity index (χ0n) is 9.31. The average molecular weight is 252 g/mol. The minimum absolute atomic E-state index is 0.0391. The summed E-state index contributed by atoms with van der Waals surface area (Å²) < 4.78 is 4.44. The van der Waals surface area contributed by atoms with Crippen molar-refractivity contribution >= 4 is 44.7 Å². The van der Waals surface area contributed by atoms with Gasteiger partial charge in [-0.25, -0.2) is 0 Å². The molecule has 3 nitrogen and oxygen atoms in total. The molecule has 0 atom stereocenters. The molecule has 86 valence electrons. The van der Waals surface area contributed by atoms with E-state index in [0.717, 1.165) is 27.2 Å². The topological polar surface area (TPSA) is 56.0 Å². The number of hydrogen-bond acceptors (Lipinski definition) is 4. The Morgan fingerprint density at radius 3 is 2.94 bits per heavy atom. The van der Waals surface area contributed by atoms with Crippen molar-refractivity contribution in [3.05, 3.63) is 46.8 Å². The highest BCUT2D eigenvalue weighted by atomic mass is 32.1. The Morgan fingerprint density at radius 1 is 1.22 bits per heavy atom. The van der Waals surface area contributed by atoms with Crippen LogP contribution in [-0.4, -0.2) is 10.2 Å². The molecule has 4 heteroatoms. The fourth-order valence-electron chi connectivity index (χ4n) is 2.47. The number of allylic oxidation sites excluding steroid dienone is 1. The Labute approximate surface area is 107 Å². The van der Waals surface area contributed by atoms with Crippen LogP contribution in [0.15, 0.2) is 36.4 Å². The van der Waals surface area contributed by atoms with Crippen molar-refractivity contribution in [2.75, 3.05) is 0 Å². The quantitative estimate of drug-likeness (QED) is 0.669. The number of carbonyl (C=O) groups is 1. The van der Waals surface area contributed by atoms with Crippen LogP contribution >= 0.6 is 11.5 Å². The fourth-order valence-corrected chi connectivity index (χ4v) is 3.29. The molecule has 0 radical (unpaired) electrons. The van der Waals surface area contributed by atoms with E-state index >= 15 is 0 Å². The van der Waals surface area contributed by atoms with E-state index in [4.69, 9.17) is 5.73 Å². The molecule has 0 spiro atoms. The smallest absolute Gasteiger partial charge is 0.200 e. The van der Waals surface area contributed by atoms with Gasteiger partial charge < -0.3 is 5.73 Å². The van der Waals surface area contributed by atoms with E-state index in [9.17, 15) is 4.79 Å². The zero-order valence-corrected chi connectivity index (χ0v) is 10.1. The van der Waals surface area contributed by atoms with E-state index < -0.39 is 0 Å². The van der Waals surface area contributed by atoms with E-state index in [2.05, 4.69) is 4.37 Å². The van der Waals surface area contributed by atoms with Crippen molar-refractivity contribution < 1.29 is 4.79 Å². The summed E-state index contributed by atoms with van der Waals surface area (Å²) >= 11 is 1.25. The van der Waals surface area contributed by atoms with Crippen molar-refractivity contribution in [3.8, 4) is 0 Å². The second kappa shape index (κ2) is 3.17. The molecule has 3 aromatic rings. The SMILES string of the molecule is NC1=CC(=O)c2snc3c2c1cc1ccccc13. The monoisotopic (exact) mass is 252 g/mol. The van der Waals surface area contributed by atoms with Gasteiger partial charge in [0.15, 0.2) is 5.78 Å². The van der Waals surface area contributed by atoms with E-state index in [1.807, 2.05) is 30.3 Å². The molecule has 18 heavy (non-hydrogen) atoms. The highest BCUT2D eigenvalue weighted by molar-refractivity contribution is 7.10. The van der Waals surface area contributed by atoms with E-state index in [-0.39, 0.29) is 5.78 Å². The van der Waals surface area contributed by atoms with Gasteiger partial charge in [0.2, 0.25) is 0 Å². The predicted octanol–water partition coefficient (Wildman–Crippen LogP) is 2.95. The molecule has 1 aliphatic carbocycles. The molecular formula is C14H8N2OS. The zero-order chi connectivity index (χ0) is 12.3. The van der Waals surface area contributed by atoms with Crippen LogP contribution in [0.5, 0.6) is 0 Å². The van der Waals surface area contributed by atoms with Crippen molar-refractivity contribution in [2.24, 2.45) is 5.73 Å². The molecule has 2 aromatic carbocycles. The lowest BCUT2D eigenvalue weighted by atomic mass is 9.94. The van der Waals surface area contributed by atoms with Gasteiger partial charge >= 0.3 is 0 Å². The first-order valence-electron chi connectivity index (χ1n) is 5.59. The van der Waals surface area contributed by atoms with Gasteiger partial charge in [-0.2, -0.15) is 4.37 Å². The number of benzene rings is 2. The van der Waals surface area contributed by atoms with E-state index in [1.165, 1.54) is 17.6 Å². The van der Waals surface area contributed by atoms with Crippen LogP contribution in [-0.2, 0) is 0 Å². The maximum atomic E-state index is 11.9. The lowest BCUT2D eigenvalue weighted by molar-refractivity contribution is 0.105. The Kier molecular flexibility index (Phi) is 1.73. The highest BCUT2D eigenvalue weighted by Crippen LogP contribution is 2.37. The summed E-state index contributed by atoms with van der Waals surface area (Å²) in [7, 11) is 0. The van der Waals surface area contributed by atoms with E-state index in [1.54, 1.807) is 0 Å². The van der Waals surface area contributed by atoms with Gasteiger partial charge in [0.25, 0.3) is 0 Å². The molecule has 1 aliphatic rings. The van der Waals surface area contributed by atoms with Crippen molar-refractivity contribution in [3.63, 3.8) is 0 Å². The van der Waals surface area contributed by atoms with Gasteiger partial charge in [-0.15, -0.1) is 0 Å². The molecule has 0 bridgehead atoms. The first kappa shape index (κ1) is 9.79. The van der Waals surface area contributed by atoms with Gasteiger partial charge in [-0.1, -0.05) is 24.3 Å². The maximum Gasteiger partial charge on any atom is 0.200 e. The lowest BCUT2D eigenvalue weighted by Gasteiger charge is -2.11. The first-order valence-corrected chi connectivity index (χ1v) is 6.36. The lowest BCUT2D eigenvalue weighted by Crippen LogP contribution is -2.07. The minimum atomic E-state index is -0.0391. The van der Waals surface area contributed by atoms with Gasteiger partial charge in [0, 0.05) is 28.1 Å². The highest BCUT2D eigenvalue weighted by Gasteiger charge is 2.23. The number of hydrogen-bond donors (Lipinski definition) is 1.